The molecule has 234 valence electrons. The monoisotopic (exact) mass is 609 g/mol. The van der Waals surface area contributed by atoms with Crippen LogP contribution in [0.1, 0.15) is 75.0 Å². The molecule has 2 N–H and O–H groups in total. The highest BCUT2D eigenvalue weighted by atomic mass is 16.2. The number of benzene rings is 2. The van der Waals surface area contributed by atoms with E-state index < -0.39 is 5.41 Å². The maximum atomic E-state index is 13.3. The zero-order valence-corrected chi connectivity index (χ0v) is 26.4. The fourth-order valence-electron chi connectivity index (χ4n) is 7.36. The molecule has 0 radical (unpaired) electrons. The average Bonchev–Trinajstić information content (AvgIpc) is 3.42. The van der Waals surface area contributed by atoms with Gasteiger partial charge in [0, 0.05) is 51.4 Å². The Bertz CT molecular complexity index is 1610. The zero-order valence-electron chi connectivity index (χ0n) is 26.4. The Morgan fingerprint density at radius 2 is 1.62 bits per heavy atom. The number of likely N-dealkylation sites (tertiary alicyclic amines) is 1. The van der Waals surface area contributed by atoms with E-state index in [0.29, 0.717) is 42.1 Å². The molecule has 1 saturated heterocycles. The third kappa shape index (κ3) is 5.35. The Labute approximate surface area is 262 Å². The predicted molar refractivity (Wildman–Crippen MR) is 165 cm³/mol. The van der Waals surface area contributed by atoms with Gasteiger partial charge in [-0.2, -0.15) is 5.26 Å². The molecule has 1 saturated carbocycles. The lowest BCUT2D eigenvalue weighted by atomic mass is 9.67. The predicted octanol–water partition coefficient (Wildman–Crippen LogP) is 1.92. The minimum absolute atomic E-state index is 0.0610. The zero-order chi connectivity index (χ0) is 32.0. The van der Waals surface area contributed by atoms with Gasteiger partial charge in [-0.05, 0) is 102 Å². The van der Waals surface area contributed by atoms with Gasteiger partial charge in [-0.3, -0.25) is 14.4 Å². The second-order valence-electron chi connectivity index (χ2n) is 13.0. The van der Waals surface area contributed by atoms with Gasteiger partial charge in [0.15, 0.2) is 5.82 Å². The number of nitrogens with one attached hydrogen (secondary N) is 2. The minimum atomic E-state index is -0.885. The molecule has 2 aromatic carbocycles. The summed E-state index contributed by atoms with van der Waals surface area (Å²) in [6.07, 6.45) is 3.51. The van der Waals surface area contributed by atoms with Crippen LogP contribution in [0.4, 0.5) is 0 Å². The molecule has 12 nitrogen and oxygen atoms in total. The smallest absolute Gasteiger partial charge is 0.253 e. The van der Waals surface area contributed by atoms with Gasteiger partial charge >= 0.3 is 0 Å². The first-order valence-electron chi connectivity index (χ1n) is 15.4. The summed E-state index contributed by atoms with van der Waals surface area (Å²) in [4.78, 5) is 44.2. The maximum Gasteiger partial charge on any atom is 0.253 e. The van der Waals surface area contributed by atoms with Crippen LogP contribution >= 0.6 is 0 Å². The van der Waals surface area contributed by atoms with Crippen molar-refractivity contribution in [3.05, 3.63) is 75.6 Å². The van der Waals surface area contributed by atoms with E-state index >= 15 is 0 Å². The van der Waals surface area contributed by atoms with Crippen LogP contribution in [0.5, 0.6) is 0 Å². The first kappa shape index (κ1) is 30.4. The van der Waals surface area contributed by atoms with Crippen molar-refractivity contribution in [2.75, 3.05) is 34.7 Å². The van der Waals surface area contributed by atoms with E-state index in [-0.39, 0.29) is 42.4 Å². The molecule has 2 heterocycles. The van der Waals surface area contributed by atoms with Crippen LogP contribution in [0, 0.1) is 17.2 Å². The van der Waals surface area contributed by atoms with Gasteiger partial charge < -0.3 is 20.0 Å². The van der Waals surface area contributed by atoms with E-state index in [4.69, 9.17) is 0 Å². The van der Waals surface area contributed by atoms with E-state index in [1.165, 1.54) is 0 Å². The lowest BCUT2D eigenvalue weighted by Gasteiger charge is -2.37. The maximum absolute atomic E-state index is 13.3. The molecular weight excluding hydrogens is 570 g/mol. The lowest BCUT2D eigenvalue weighted by Crippen LogP contribution is -2.46. The van der Waals surface area contributed by atoms with Crippen LogP contribution in [0.15, 0.2) is 36.4 Å². The number of nitrogens with zero attached hydrogens (tertiary/aromatic N) is 7. The molecule has 45 heavy (non-hydrogen) atoms. The highest BCUT2D eigenvalue weighted by molar-refractivity contribution is 5.95. The van der Waals surface area contributed by atoms with Crippen LogP contribution in [-0.4, -0.2) is 106 Å². The molecule has 2 fully saturated rings. The van der Waals surface area contributed by atoms with Crippen molar-refractivity contribution in [3.8, 4) is 6.07 Å². The number of carbonyl (C=O) groups is 3. The van der Waals surface area contributed by atoms with Crippen molar-refractivity contribution in [1.82, 2.24) is 40.6 Å². The van der Waals surface area contributed by atoms with E-state index in [2.05, 4.69) is 32.0 Å². The number of hydrogen-bond acceptors (Lipinski definition) is 8. The lowest BCUT2D eigenvalue weighted by molar-refractivity contribution is -0.131. The Morgan fingerprint density at radius 1 is 1.02 bits per heavy atom. The molecule has 3 aliphatic rings. The van der Waals surface area contributed by atoms with Crippen molar-refractivity contribution in [2.24, 2.45) is 5.92 Å². The summed E-state index contributed by atoms with van der Waals surface area (Å²) in [6, 6.07) is 13.5. The Morgan fingerprint density at radius 3 is 2.13 bits per heavy atom. The van der Waals surface area contributed by atoms with Crippen molar-refractivity contribution < 1.29 is 14.4 Å². The summed E-state index contributed by atoms with van der Waals surface area (Å²) >= 11 is 0. The largest absolute Gasteiger partial charge is 0.345 e. The van der Waals surface area contributed by atoms with Crippen LogP contribution < -0.4 is 5.32 Å². The molecular formula is C33H39N9O3. The third-order valence-electron chi connectivity index (χ3n) is 9.61. The summed E-state index contributed by atoms with van der Waals surface area (Å²) < 4.78 is 0. The summed E-state index contributed by atoms with van der Waals surface area (Å²) in [6.45, 7) is 2.14. The molecule has 4 atom stereocenters. The molecule has 0 bridgehead atoms. The van der Waals surface area contributed by atoms with E-state index in [1.54, 1.807) is 42.9 Å². The number of rotatable bonds is 8. The molecule has 0 spiro atoms. The number of carbonyl (C=O) groups excluding carboxylic acids is 3. The number of tetrazole rings is 1. The number of aryl methyl sites for hydroxylation is 2. The summed E-state index contributed by atoms with van der Waals surface area (Å²) in [5.41, 5.74) is 4.21. The number of H-pyrrole nitrogens is 1. The fourth-order valence-corrected chi connectivity index (χ4v) is 7.36. The van der Waals surface area contributed by atoms with Crippen molar-refractivity contribution >= 4 is 17.7 Å². The number of piperidine rings is 1. The fraction of sp³-hybridized carbons (Fsp3) is 0.485. The number of hydrogen-bond donors (Lipinski definition) is 2. The second-order valence-corrected chi connectivity index (χ2v) is 13.0. The normalized spacial score (nSPS) is 21.4. The highest BCUT2D eigenvalue weighted by Gasteiger charge is 2.54. The third-order valence-corrected chi connectivity index (χ3v) is 9.61. The van der Waals surface area contributed by atoms with Gasteiger partial charge in [-0.25, -0.2) is 5.10 Å². The summed E-state index contributed by atoms with van der Waals surface area (Å²) in [5, 5.41) is 28.5. The molecule has 3 amide bonds. The minimum Gasteiger partial charge on any atom is -0.345 e. The van der Waals surface area contributed by atoms with Crippen molar-refractivity contribution in [1.29, 1.82) is 5.26 Å². The van der Waals surface area contributed by atoms with E-state index in [1.807, 2.05) is 43.3 Å². The standard InChI is InChI=1S/C33H39N9O3/c1-19(35-18-29(43)42-25(17-34)14-24-15-28(24)42)16-33(32-36-38-39-37-32)26-10-8-22(30(44)40(2)3)12-20(26)6-7-21-13-23(9-11-27(21)33)31(45)41(4)5/h8-13,19,24-25,28,35H,6-7,14-16,18H2,1-5H3,(H,36,37,38,39)/t19-,24+,25?,28-/m0/s1. The highest BCUT2D eigenvalue weighted by Crippen LogP contribution is 2.48. The van der Waals surface area contributed by atoms with E-state index in [0.717, 1.165) is 35.1 Å². The molecule has 1 aromatic heterocycles. The molecule has 1 aliphatic heterocycles. The van der Waals surface area contributed by atoms with Gasteiger partial charge in [0.25, 0.3) is 11.8 Å². The van der Waals surface area contributed by atoms with Gasteiger partial charge in [-0.15, -0.1) is 5.10 Å². The van der Waals surface area contributed by atoms with Gasteiger partial charge in [0.1, 0.15) is 6.04 Å². The first-order chi connectivity index (χ1) is 21.5. The van der Waals surface area contributed by atoms with Crippen LogP contribution in [0.3, 0.4) is 0 Å². The SMILES string of the molecule is C[C@@H](CC1(c2nnn[nH]2)c2ccc(C(=O)N(C)C)cc2CCc2cc(C(=O)N(C)C)ccc21)NCC(=O)N1C(C#N)C[C@@H]2C[C@@H]21. The first-order valence-corrected chi connectivity index (χ1v) is 15.4. The van der Waals surface area contributed by atoms with Crippen molar-refractivity contribution in [3.63, 3.8) is 0 Å². The number of nitriles is 1. The Hall–Kier alpha value is -4.63. The van der Waals surface area contributed by atoms with E-state index in [9.17, 15) is 19.6 Å². The number of aromatic nitrogens is 4. The van der Waals surface area contributed by atoms with Crippen LogP contribution in [0.2, 0.25) is 0 Å². The molecule has 3 aromatic rings. The number of amides is 3. The average molecular weight is 610 g/mol. The Balaban J connectivity index is 1.42. The van der Waals surface area contributed by atoms with Crippen molar-refractivity contribution in [2.45, 2.75) is 62.6 Å². The molecule has 2 aliphatic carbocycles. The van der Waals surface area contributed by atoms with Gasteiger partial charge in [0.05, 0.1) is 18.0 Å². The number of aromatic amines is 1. The topological polar surface area (TPSA) is 151 Å². The van der Waals surface area contributed by atoms with Crippen LogP contribution in [-0.2, 0) is 23.1 Å². The molecule has 1 unspecified atom stereocenters. The second kappa shape index (κ2) is 11.7. The molecule has 12 heteroatoms. The van der Waals surface area contributed by atoms with Gasteiger partial charge in [-0.1, -0.05) is 12.1 Å². The number of fused-ring (bicyclic) bond motifs is 3. The Kier molecular flexibility index (Phi) is 7.91. The molecule has 6 rings (SSSR count). The van der Waals surface area contributed by atoms with Gasteiger partial charge in [0.2, 0.25) is 5.91 Å². The summed E-state index contributed by atoms with van der Waals surface area (Å²) in [7, 11) is 6.93. The summed E-state index contributed by atoms with van der Waals surface area (Å²) in [5.74, 6) is 0.749. The van der Waals surface area contributed by atoms with Crippen LogP contribution in [0.25, 0.3) is 0 Å². The quantitative estimate of drug-likeness (QED) is 0.393.